The van der Waals surface area contributed by atoms with E-state index in [-0.39, 0.29) is 12.2 Å². The third-order valence-electron chi connectivity index (χ3n) is 2.97. The van der Waals surface area contributed by atoms with E-state index in [1.54, 1.807) is 0 Å². The number of hydrogen-bond donors (Lipinski definition) is 4. The first-order valence-corrected chi connectivity index (χ1v) is 8.99. The Kier molecular flexibility index (Phi) is 7.04. The van der Waals surface area contributed by atoms with Crippen LogP contribution in [0.25, 0.3) is 0 Å². The quantitative estimate of drug-likeness (QED) is 0.421. The molecule has 0 radical (unpaired) electrons. The normalized spacial score (nSPS) is 10.4. The summed E-state index contributed by atoms with van der Waals surface area (Å²) in [6, 6.07) is 9.32. The van der Waals surface area contributed by atoms with Gasteiger partial charge in [0.05, 0.1) is 0 Å². The largest absolute Gasteiger partial charge is 0.396 e. The van der Waals surface area contributed by atoms with Crippen molar-refractivity contribution >= 4 is 40.2 Å². The van der Waals surface area contributed by atoms with Gasteiger partial charge in [-0.25, -0.2) is 4.79 Å². The monoisotopic (exact) mass is 366 g/mol. The van der Waals surface area contributed by atoms with Crippen LogP contribution in [0.2, 0.25) is 0 Å². The number of aliphatic hydroxyl groups is 1. The van der Waals surface area contributed by atoms with Crippen LogP contribution in [0, 0.1) is 0 Å². The van der Waals surface area contributed by atoms with E-state index in [2.05, 4.69) is 15.0 Å². The lowest BCUT2D eigenvalue weighted by atomic mass is 10.2. The molecular formula is C15H18N4O3S2. The van der Waals surface area contributed by atoms with E-state index in [0.29, 0.717) is 28.7 Å². The lowest BCUT2D eigenvalue weighted by molar-refractivity contribution is 0.0998. The molecule has 2 aromatic rings. The number of aromatic nitrogens is 1. The number of anilines is 1. The zero-order chi connectivity index (χ0) is 17.4. The van der Waals surface area contributed by atoms with Crippen LogP contribution >= 0.6 is 23.3 Å². The van der Waals surface area contributed by atoms with Crippen molar-refractivity contribution < 1.29 is 14.7 Å². The third kappa shape index (κ3) is 5.22. The summed E-state index contributed by atoms with van der Waals surface area (Å²) >= 11 is 2.41. The molecule has 1 aromatic heterocycles. The van der Waals surface area contributed by atoms with Crippen molar-refractivity contribution in [3.05, 3.63) is 41.5 Å². The molecule has 0 unspecified atom stereocenters. The molecule has 0 spiro atoms. The van der Waals surface area contributed by atoms with Gasteiger partial charge in [-0.1, -0.05) is 42.1 Å². The van der Waals surface area contributed by atoms with Gasteiger partial charge < -0.3 is 16.2 Å². The zero-order valence-corrected chi connectivity index (χ0v) is 14.5. The van der Waals surface area contributed by atoms with Crippen molar-refractivity contribution in [2.24, 2.45) is 5.73 Å². The smallest absolute Gasteiger partial charge is 0.319 e. The molecule has 9 heteroatoms. The Hall–Kier alpha value is -2.10. The molecule has 0 aliphatic rings. The van der Waals surface area contributed by atoms with Crippen molar-refractivity contribution in [1.82, 2.24) is 9.69 Å². The Labute approximate surface area is 147 Å². The van der Waals surface area contributed by atoms with Crippen LogP contribution in [0.5, 0.6) is 0 Å². The number of carbonyl (C=O) groups excluding carboxylic acids is 2. The number of urea groups is 1. The number of benzene rings is 1. The van der Waals surface area contributed by atoms with E-state index in [9.17, 15) is 9.59 Å². The summed E-state index contributed by atoms with van der Waals surface area (Å²) in [7, 11) is 0. The Bertz CT molecular complexity index is 691. The van der Waals surface area contributed by atoms with Crippen molar-refractivity contribution in [2.45, 2.75) is 17.2 Å². The molecule has 1 aromatic carbocycles. The number of thioether (sulfide) groups is 1. The number of nitrogens with one attached hydrogen (secondary N) is 2. The van der Waals surface area contributed by atoms with Crippen LogP contribution in [0.4, 0.5) is 9.80 Å². The van der Waals surface area contributed by atoms with Gasteiger partial charge in [0.15, 0.2) is 0 Å². The molecule has 0 aliphatic carbocycles. The Balaban J connectivity index is 2.03. The molecule has 7 nitrogen and oxygen atoms in total. The van der Waals surface area contributed by atoms with Crippen molar-refractivity contribution in [3.63, 3.8) is 0 Å². The van der Waals surface area contributed by atoms with Gasteiger partial charge in [-0.3, -0.25) is 10.1 Å². The highest BCUT2D eigenvalue weighted by atomic mass is 32.2. The summed E-state index contributed by atoms with van der Waals surface area (Å²) in [4.78, 5) is 23.5. The topological polar surface area (TPSA) is 117 Å². The van der Waals surface area contributed by atoms with Gasteiger partial charge in [0.2, 0.25) is 0 Å². The Morgan fingerprint density at radius 2 is 2.04 bits per heavy atom. The third-order valence-corrected chi connectivity index (χ3v) is 4.90. The van der Waals surface area contributed by atoms with Crippen LogP contribution in [0.3, 0.4) is 0 Å². The molecule has 3 amide bonds. The fourth-order valence-corrected chi connectivity index (χ4v) is 3.75. The minimum Gasteiger partial charge on any atom is -0.396 e. The number of amides is 3. The van der Waals surface area contributed by atoms with Crippen molar-refractivity contribution in [1.29, 1.82) is 0 Å². The fraction of sp³-hybridized carbons (Fsp3) is 0.267. The average Bonchev–Trinajstić information content (AvgIpc) is 2.97. The minimum absolute atomic E-state index is 0.00630. The van der Waals surface area contributed by atoms with Gasteiger partial charge in [0.25, 0.3) is 5.91 Å². The fourth-order valence-electron chi connectivity index (χ4n) is 1.83. The van der Waals surface area contributed by atoms with Crippen molar-refractivity contribution in [2.75, 3.05) is 18.5 Å². The maximum atomic E-state index is 11.8. The lowest BCUT2D eigenvalue weighted by Gasteiger charge is -2.06. The van der Waals surface area contributed by atoms with E-state index < -0.39 is 11.9 Å². The van der Waals surface area contributed by atoms with Gasteiger partial charge in [0.1, 0.15) is 15.6 Å². The van der Waals surface area contributed by atoms with E-state index in [4.69, 9.17) is 10.8 Å². The molecule has 0 aliphatic heterocycles. The number of hydrogen-bond acceptors (Lipinski definition) is 6. The van der Waals surface area contributed by atoms with Gasteiger partial charge in [0, 0.05) is 18.9 Å². The first-order chi connectivity index (χ1) is 11.6. The van der Waals surface area contributed by atoms with Gasteiger partial charge >= 0.3 is 6.03 Å². The highest BCUT2D eigenvalue weighted by Gasteiger charge is 2.20. The first kappa shape index (κ1) is 18.2. The molecule has 0 saturated heterocycles. The van der Waals surface area contributed by atoms with Crippen LogP contribution in [0.1, 0.15) is 22.3 Å². The summed E-state index contributed by atoms with van der Waals surface area (Å²) in [5, 5.41) is 14.7. The standard InChI is InChI=1S/C15H18N4O3S2/c16-12(21)11-13(18-15(22)17-7-4-8-20)24-19-14(11)23-9-10-5-2-1-3-6-10/h1-3,5-6,20H,4,7-9H2,(H2,16,21)(H2,17,18,22). The lowest BCUT2D eigenvalue weighted by Crippen LogP contribution is -2.30. The summed E-state index contributed by atoms with van der Waals surface area (Å²) < 4.78 is 4.22. The summed E-state index contributed by atoms with van der Waals surface area (Å²) in [5.74, 6) is 0.0115. The number of aliphatic hydroxyl groups excluding tert-OH is 1. The summed E-state index contributed by atoms with van der Waals surface area (Å²) in [5.41, 5.74) is 6.76. The highest BCUT2D eigenvalue weighted by Crippen LogP contribution is 2.33. The van der Waals surface area contributed by atoms with E-state index in [0.717, 1.165) is 17.1 Å². The first-order valence-electron chi connectivity index (χ1n) is 7.23. The highest BCUT2D eigenvalue weighted by molar-refractivity contribution is 7.98. The molecular weight excluding hydrogens is 348 g/mol. The predicted octanol–water partition coefficient (Wildman–Crippen LogP) is 2.04. The SMILES string of the molecule is NC(=O)c1c(SCc2ccccc2)nsc1NC(=O)NCCCO. The predicted molar refractivity (Wildman–Crippen MR) is 95.4 cm³/mol. The minimum atomic E-state index is -0.634. The van der Waals surface area contributed by atoms with Crippen molar-refractivity contribution in [3.8, 4) is 0 Å². The van der Waals surface area contributed by atoms with E-state index in [1.807, 2.05) is 30.3 Å². The number of nitrogens with zero attached hydrogens (tertiary/aromatic N) is 1. The number of primary amides is 1. The van der Waals surface area contributed by atoms with Gasteiger partial charge in [-0.15, -0.1) is 0 Å². The molecule has 0 bridgehead atoms. The molecule has 0 atom stereocenters. The number of nitrogens with two attached hydrogens (primary N) is 1. The van der Waals surface area contributed by atoms with Gasteiger partial charge in [-0.2, -0.15) is 4.37 Å². The second-order valence-corrected chi connectivity index (χ2v) is 6.53. The molecule has 1 heterocycles. The molecule has 2 rings (SSSR count). The van der Waals surface area contributed by atoms with Crippen LogP contribution in [-0.2, 0) is 5.75 Å². The summed E-state index contributed by atoms with van der Waals surface area (Å²) in [6.07, 6.45) is 0.455. The Morgan fingerprint density at radius 1 is 1.29 bits per heavy atom. The number of carbonyl (C=O) groups is 2. The maximum absolute atomic E-state index is 11.8. The molecule has 5 N–H and O–H groups in total. The van der Waals surface area contributed by atoms with Crippen LogP contribution < -0.4 is 16.4 Å². The van der Waals surface area contributed by atoms with E-state index >= 15 is 0 Å². The molecule has 128 valence electrons. The number of rotatable bonds is 8. The molecule has 0 fully saturated rings. The van der Waals surface area contributed by atoms with E-state index in [1.165, 1.54) is 11.8 Å². The molecule has 24 heavy (non-hydrogen) atoms. The van der Waals surface area contributed by atoms with Crippen LogP contribution in [0.15, 0.2) is 35.4 Å². The average molecular weight is 366 g/mol. The van der Waals surface area contributed by atoms with Gasteiger partial charge in [-0.05, 0) is 23.5 Å². The summed E-state index contributed by atoms with van der Waals surface area (Å²) in [6.45, 7) is 0.330. The molecule has 0 saturated carbocycles. The Morgan fingerprint density at radius 3 is 2.71 bits per heavy atom. The van der Waals surface area contributed by atoms with Crippen LogP contribution in [-0.4, -0.2) is 34.6 Å². The maximum Gasteiger partial charge on any atom is 0.319 e. The second-order valence-electron chi connectivity index (χ2n) is 4.79. The second kappa shape index (κ2) is 9.26. The zero-order valence-electron chi connectivity index (χ0n) is 12.8.